The van der Waals surface area contributed by atoms with E-state index in [-0.39, 0.29) is 0 Å². The van der Waals surface area contributed by atoms with E-state index in [1.165, 1.54) is 6.33 Å². The highest BCUT2D eigenvalue weighted by molar-refractivity contribution is 5.35. The van der Waals surface area contributed by atoms with Gasteiger partial charge in [-0.1, -0.05) is 5.92 Å². The summed E-state index contributed by atoms with van der Waals surface area (Å²) in [5.41, 5.74) is 0. The van der Waals surface area contributed by atoms with E-state index in [0.717, 1.165) is 0 Å². The zero-order valence-corrected chi connectivity index (χ0v) is 5.92. The van der Waals surface area contributed by atoms with Crippen LogP contribution in [-0.4, -0.2) is 22.2 Å². The molecular formula is C6H8N4. The lowest BCUT2D eigenvalue weighted by molar-refractivity contribution is 1.04. The molecular weight excluding hydrogens is 128 g/mol. The number of hydrogen-bond acceptors (Lipinski definition) is 3. The third kappa shape index (κ3) is 1.26. The van der Waals surface area contributed by atoms with E-state index < -0.39 is 0 Å². The second-order valence-electron chi connectivity index (χ2n) is 1.73. The molecule has 1 heterocycles. The monoisotopic (exact) mass is 136 g/mol. The van der Waals surface area contributed by atoms with Crippen molar-refractivity contribution in [3.8, 4) is 12.0 Å². The number of aromatic amines is 1. The van der Waals surface area contributed by atoms with Crippen LogP contribution in [0.15, 0.2) is 6.33 Å². The number of nitrogens with one attached hydrogen (secondary N) is 1. The third-order valence-corrected chi connectivity index (χ3v) is 1.00. The molecule has 0 radical (unpaired) electrons. The van der Waals surface area contributed by atoms with Gasteiger partial charge in [-0.15, -0.1) is 10.2 Å². The second kappa shape index (κ2) is 2.87. The normalized spacial score (nSPS) is 8.20. The molecule has 0 aromatic carbocycles. The van der Waals surface area contributed by atoms with Gasteiger partial charge in [-0.25, -0.2) is 0 Å². The molecule has 4 heteroatoms. The minimum absolute atomic E-state index is 0.661. The van der Waals surface area contributed by atoms with Crippen molar-refractivity contribution in [2.45, 2.75) is 6.92 Å². The molecule has 52 valence electrons. The highest BCUT2D eigenvalue weighted by atomic mass is 15.3. The maximum atomic E-state index is 3.75. The molecule has 0 atom stereocenters. The topological polar surface area (TPSA) is 44.8 Å². The van der Waals surface area contributed by atoms with Gasteiger partial charge in [-0.05, 0) is 6.92 Å². The first-order valence-electron chi connectivity index (χ1n) is 2.86. The smallest absolute Gasteiger partial charge is 0.235 e. The molecule has 1 aromatic rings. The molecule has 1 N–H and O–H groups in total. The van der Waals surface area contributed by atoms with Crippen LogP contribution in [0.3, 0.4) is 0 Å². The number of aromatic nitrogens is 3. The van der Waals surface area contributed by atoms with E-state index in [4.69, 9.17) is 0 Å². The van der Waals surface area contributed by atoms with Crippen LogP contribution in [0.1, 0.15) is 6.92 Å². The van der Waals surface area contributed by atoms with Gasteiger partial charge < -0.3 is 4.98 Å². The van der Waals surface area contributed by atoms with Crippen LogP contribution in [0.5, 0.6) is 0 Å². The van der Waals surface area contributed by atoms with E-state index in [1.807, 2.05) is 7.05 Å². The maximum absolute atomic E-state index is 3.75. The van der Waals surface area contributed by atoms with E-state index in [0.29, 0.717) is 5.95 Å². The van der Waals surface area contributed by atoms with Crippen molar-refractivity contribution in [3.05, 3.63) is 6.33 Å². The van der Waals surface area contributed by atoms with Gasteiger partial charge in [-0.2, -0.15) is 0 Å². The van der Waals surface area contributed by atoms with E-state index in [2.05, 4.69) is 27.1 Å². The molecule has 0 saturated heterocycles. The Morgan fingerprint density at radius 2 is 2.50 bits per heavy atom. The van der Waals surface area contributed by atoms with Crippen LogP contribution >= 0.6 is 0 Å². The van der Waals surface area contributed by atoms with Crippen LogP contribution < -0.4 is 4.90 Å². The summed E-state index contributed by atoms with van der Waals surface area (Å²) in [5, 5.41) is 7.36. The quantitative estimate of drug-likeness (QED) is 0.443. The molecule has 0 aliphatic carbocycles. The van der Waals surface area contributed by atoms with Crippen molar-refractivity contribution in [2.24, 2.45) is 0 Å². The molecule has 10 heavy (non-hydrogen) atoms. The average Bonchev–Trinajstić information content (AvgIpc) is 2.38. The van der Waals surface area contributed by atoms with E-state index >= 15 is 0 Å². The molecule has 1 aromatic heterocycles. The molecule has 0 spiro atoms. The molecule has 0 unspecified atom stereocenters. The zero-order chi connectivity index (χ0) is 7.40. The highest BCUT2D eigenvalue weighted by Gasteiger charge is 1.96. The fraction of sp³-hybridized carbons (Fsp3) is 0.333. The third-order valence-electron chi connectivity index (χ3n) is 1.00. The van der Waals surface area contributed by atoms with Crippen molar-refractivity contribution in [1.82, 2.24) is 15.2 Å². The molecule has 0 fully saturated rings. The van der Waals surface area contributed by atoms with Gasteiger partial charge in [0.25, 0.3) is 0 Å². The fourth-order valence-electron chi connectivity index (χ4n) is 0.584. The lowest BCUT2D eigenvalue weighted by atomic mass is 10.7. The standard InChI is InChI=1S/C6H8N4/c1-3-4-10(2)6-7-5-8-9-6/h5H,1-2H3,(H,7,8,9). The summed E-state index contributed by atoms with van der Waals surface area (Å²) in [5.74, 6) is 3.41. The highest BCUT2D eigenvalue weighted by Crippen LogP contribution is 1.97. The summed E-state index contributed by atoms with van der Waals surface area (Å²) < 4.78 is 0. The first kappa shape index (κ1) is 6.62. The minimum Gasteiger partial charge on any atom is -0.313 e. The van der Waals surface area contributed by atoms with E-state index in [9.17, 15) is 0 Å². The summed E-state index contributed by atoms with van der Waals surface area (Å²) >= 11 is 0. The van der Waals surface area contributed by atoms with Gasteiger partial charge in [-0.3, -0.25) is 4.90 Å². The number of anilines is 1. The zero-order valence-electron chi connectivity index (χ0n) is 5.92. The van der Waals surface area contributed by atoms with Crippen molar-refractivity contribution in [1.29, 1.82) is 0 Å². The summed E-state index contributed by atoms with van der Waals surface area (Å²) in [6, 6.07) is 2.80. The van der Waals surface area contributed by atoms with Gasteiger partial charge in [0.1, 0.15) is 6.33 Å². The fourth-order valence-corrected chi connectivity index (χ4v) is 0.584. The van der Waals surface area contributed by atoms with Gasteiger partial charge in [0.15, 0.2) is 0 Å². The largest absolute Gasteiger partial charge is 0.313 e. The molecule has 0 bridgehead atoms. The van der Waals surface area contributed by atoms with E-state index in [1.54, 1.807) is 11.8 Å². The number of nitrogens with zero attached hydrogens (tertiary/aromatic N) is 3. The first-order chi connectivity index (χ1) is 4.84. The van der Waals surface area contributed by atoms with Crippen LogP contribution in [0.4, 0.5) is 5.95 Å². The average molecular weight is 136 g/mol. The Balaban J connectivity index is 2.74. The Morgan fingerprint density at radius 1 is 1.70 bits per heavy atom. The van der Waals surface area contributed by atoms with Crippen LogP contribution in [0, 0.1) is 12.0 Å². The maximum Gasteiger partial charge on any atom is 0.235 e. The van der Waals surface area contributed by atoms with Gasteiger partial charge >= 0.3 is 0 Å². The first-order valence-corrected chi connectivity index (χ1v) is 2.86. The van der Waals surface area contributed by atoms with Crippen molar-refractivity contribution in [2.75, 3.05) is 11.9 Å². The van der Waals surface area contributed by atoms with Gasteiger partial charge in [0, 0.05) is 13.1 Å². The number of rotatable bonds is 1. The van der Waals surface area contributed by atoms with Crippen molar-refractivity contribution < 1.29 is 0 Å². The Labute approximate surface area is 59.3 Å². The lowest BCUT2D eigenvalue weighted by Gasteiger charge is -2.02. The predicted octanol–water partition coefficient (Wildman–Crippen LogP) is 0.222. The summed E-state index contributed by atoms with van der Waals surface area (Å²) in [7, 11) is 1.82. The number of hydrogen-bond donors (Lipinski definition) is 1. The summed E-state index contributed by atoms with van der Waals surface area (Å²) in [4.78, 5) is 4.50. The minimum atomic E-state index is 0.661. The molecule has 0 aliphatic heterocycles. The van der Waals surface area contributed by atoms with Crippen LogP contribution in [0.25, 0.3) is 0 Å². The van der Waals surface area contributed by atoms with Crippen LogP contribution in [-0.2, 0) is 0 Å². The summed E-state index contributed by atoms with van der Waals surface area (Å²) in [6.45, 7) is 1.77. The lowest BCUT2D eigenvalue weighted by Crippen LogP contribution is -2.09. The molecule has 0 amide bonds. The molecule has 4 nitrogen and oxygen atoms in total. The molecule has 1 rings (SSSR count). The summed E-state index contributed by atoms with van der Waals surface area (Å²) in [6.07, 6.45) is 1.52. The Morgan fingerprint density at radius 3 is 3.00 bits per heavy atom. The number of H-pyrrole nitrogens is 1. The van der Waals surface area contributed by atoms with Crippen LogP contribution in [0.2, 0.25) is 0 Å². The van der Waals surface area contributed by atoms with Gasteiger partial charge in [0.2, 0.25) is 5.95 Å². The van der Waals surface area contributed by atoms with Gasteiger partial charge in [0.05, 0.1) is 0 Å². The Hall–Kier alpha value is -1.50. The van der Waals surface area contributed by atoms with Crippen molar-refractivity contribution >= 4 is 5.95 Å². The van der Waals surface area contributed by atoms with Crippen molar-refractivity contribution in [3.63, 3.8) is 0 Å². The predicted molar refractivity (Wildman–Crippen MR) is 38.2 cm³/mol. The SMILES string of the molecule is CC#CN(C)c1nnc[nH]1. The second-order valence-corrected chi connectivity index (χ2v) is 1.73. The Kier molecular flexibility index (Phi) is 1.90. The Bertz CT molecular complexity index is 240. The molecule has 0 aliphatic rings. The molecule has 0 saturated carbocycles.